The molecule has 0 atom stereocenters. The molecule has 1 saturated heterocycles. The summed E-state index contributed by atoms with van der Waals surface area (Å²) in [5.74, 6) is -1.53. The summed E-state index contributed by atoms with van der Waals surface area (Å²) in [5.41, 5.74) is 7.81. The number of benzene rings is 1. The lowest BCUT2D eigenvalue weighted by Gasteiger charge is -2.32. The summed E-state index contributed by atoms with van der Waals surface area (Å²) >= 11 is 0. The Balaban J connectivity index is 1.26. The summed E-state index contributed by atoms with van der Waals surface area (Å²) in [5, 5.41) is 3.41. The van der Waals surface area contributed by atoms with Gasteiger partial charge in [-0.3, -0.25) is 4.79 Å². The van der Waals surface area contributed by atoms with E-state index in [1.165, 1.54) is 18.9 Å². The van der Waals surface area contributed by atoms with Crippen LogP contribution in [0.4, 0.5) is 10.1 Å². The van der Waals surface area contributed by atoms with Crippen molar-refractivity contribution >= 4 is 21.4 Å². The Kier molecular flexibility index (Phi) is 7.67. The van der Waals surface area contributed by atoms with E-state index in [2.05, 4.69) is 10.2 Å². The predicted molar refractivity (Wildman–Crippen MR) is 154 cm³/mol. The molecule has 6 rings (SSSR count). The standard InChI is InChI=1S/C30H41FN4O5S/c1-30(2)15-25-28(41(37,38)18-30)22-16-39-17-26(22)35(25)20-13-23(31)27(29(32)36)24(14-20)33-19-5-7-21(8-6-19)40-12-11-34-9-3-4-10-34/h13-14,19,21,33H,3-12,15-18H2,1-2H3,(H2,32,36). The van der Waals surface area contributed by atoms with Crippen LogP contribution in [0.2, 0.25) is 0 Å². The lowest BCUT2D eigenvalue weighted by Crippen LogP contribution is -2.33. The summed E-state index contributed by atoms with van der Waals surface area (Å²) in [6, 6.07) is 3.05. The number of carbonyl (C=O) groups is 1. The van der Waals surface area contributed by atoms with Crippen molar-refractivity contribution in [1.82, 2.24) is 9.47 Å². The Morgan fingerprint density at radius 3 is 2.59 bits per heavy atom. The zero-order valence-corrected chi connectivity index (χ0v) is 24.8. The molecule has 1 amide bonds. The summed E-state index contributed by atoms with van der Waals surface area (Å²) in [7, 11) is -3.54. The van der Waals surface area contributed by atoms with Crippen molar-refractivity contribution in [3.63, 3.8) is 0 Å². The first-order valence-corrected chi connectivity index (χ1v) is 16.5. The van der Waals surface area contributed by atoms with Crippen LogP contribution < -0.4 is 11.1 Å². The van der Waals surface area contributed by atoms with Crippen molar-refractivity contribution in [3.05, 3.63) is 40.5 Å². The number of anilines is 1. The third-order valence-corrected chi connectivity index (χ3v) is 11.3. The number of fused-ring (bicyclic) bond motifs is 3. The molecule has 1 aromatic carbocycles. The number of hydrogen-bond donors (Lipinski definition) is 2. The van der Waals surface area contributed by atoms with E-state index in [4.69, 9.17) is 15.2 Å². The van der Waals surface area contributed by atoms with Crippen LogP contribution in [0.1, 0.15) is 79.7 Å². The van der Waals surface area contributed by atoms with Crippen molar-refractivity contribution in [3.8, 4) is 5.69 Å². The van der Waals surface area contributed by atoms with E-state index in [1.54, 1.807) is 6.07 Å². The molecule has 9 nitrogen and oxygen atoms in total. The molecule has 3 N–H and O–H groups in total. The minimum absolute atomic E-state index is 0.0353. The molecule has 1 saturated carbocycles. The first-order valence-electron chi connectivity index (χ1n) is 14.8. The number of sulfone groups is 1. The van der Waals surface area contributed by atoms with Crippen LogP contribution in [-0.4, -0.2) is 67.9 Å². The highest BCUT2D eigenvalue weighted by molar-refractivity contribution is 7.91. The molecule has 4 aliphatic rings. The van der Waals surface area contributed by atoms with Crippen molar-refractivity contribution in [2.75, 3.05) is 37.3 Å². The van der Waals surface area contributed by atoms with E-state index in [0.717, 1.165) is 57.6 Å². The number of likely N-dealkylation sites (tertiary alicyclic amines) is 1. The van der Waals surface area contributed by atoms with E-state index < -0.39 is 27.0 Å². The minimum atomic E-state index is -3.54. The monoisotopic (exact) mass is 588 g/mol. The number of amides is 1. The van der Waals surface area contributed by atoms with Crippen LogP contribution in [-0.2, 0) is 38.9 Å². The number of aromatic nitrogens is 1. The summed E-state index contributed by atoms with van der Waals surface area (Å²) in [4.78, 5) is 15.1. The van der Waals surface area contributed by atoms with Gasteiger partial charge in [-0.15, -0.1) is 0 Å². The van der Waals surface area contributed by atoms with E-state index in [-0.39, 0.29) is 36.7 Å². The zero-order valence-electron chi connectivity index (χ0n) is 24.0. The second-order valence-corrected chi connectivity index (χ2v) is 14.8. The van der Waals surface area contributed by atoms with Gasteiger partial charge < -0.3 is 30.0 Å². The molecule has 0 spiro atoms. The first-order chi connectivity index (χ1) is 19.5. The molecule has 0 unspecified atom stereocenters. The summed E-state index contributed by atoms with van der Waals surface area (Å²) in [6.07, 6.45) is 6.69. The molecule has 0 radical (unpaired) electrons. The van der Waals surface area contributed by atoms with Crippen LogP contribution in [0, 0.1) is 11.2 Å². The number of halogens is 1. The van der Waals surface area contributed by atoms with E-state index in [9.17, 15) is 13.2 Å². The van der Waals surface area contributed by atoms with Crippen LogP contribution in [0.3, 0.4) is 0 Å². The Labute approximate surface area is 241 Å². The Hall–Kier alpha value is -2.47. The minimum Gasteiger partial charge on any atom is -0.382 e. The van der Waals surface area contributed by atoms with Crippen LogP contribution in [0.5, 0.6) is 0 Å². The number of primary amides is 1. The van der Waals surface area contributed by atoms with Crippen molar-refractivity contribution in [2.24, 2.45) is 11.1 Å². The van der Waals surface area contributed by atoms with Gasteiger partial charge in [0.05, 0.1) is 59.2 Å². The quantitative estimate of drug-likeness (QED) is 0.480. The first kappa shape index (κ1) is 28.6. The average molecular weight is 589 g/mol. The van der Waals surface area contributed by atoms with Crippen LogP contribution in [0.15, 0.2) is 17.0 Å². The van der Waals surface area contributed by atoms with Crippen molar-refractivity contribution in [1.29, 1.82) is 0 Å². The molecule has 11 heteroatoms. The zero-order chi connectivity index (χ0) is 28.9. The largest absolute Gasteiger partial charge is 0.382 e. The fourth-order valence-electron chi connectivity index (χ4n) is 7.22. The van der Waals surface area contributed by atoms with E-state index in [0.29, 0.717) is 33.9 Å². The molecule has 224 valence electrons. The fraction of sp³-hybridized carbons (Fsp3) is 0.633. The molecular formula is C30H41FN4O5S. The van der Waals surface area contributed by atoms with Crippen molar-refractivity contribution < 1.29 is 27.1 Å². The molecule has 1 aliphatic carbocycles. The number of hydrogen-bond acceptors (Lipinski definition) is 7. The van der Waals surface area contributed by atoms with Gasteiger partial charge in [-0.05, 0) is 75.6 Å². The topological polar surface area (TPSA) is 116 Å². The van der Waals surface area contributed by atoms with Gasteiger partial charge in [-0.2, -0.15) is 0 Å². The summed E-state index contributed by atoms with van der Waals surface area (Å²) < 4.78 is 56.0. The van der Waals surface area contributed by atoms with Gasteiger partial charge in [-0.1, -0.05) is 13.8 Å². The van der Waals surface area contributed by atoms with Gasteiger partial charge in [0.1, 0.15) is 5.82 Å². The maximum absolute atomic E-state index is 15.6. The second kappa shape index (κ2) is 11.0. The molecule has 2 fully saturated rings. The maximum atomic E-state index is 15.6. The lowest BCUT2D eigenvalue weighted by molar-refractivity contribution is 0.0170. The van der Waals surface area contributed by atoms with Gasteiger partial charge in [-0.25, -0.2) is 12.8 Å². The Morgan fingerprint density at radius 1 is 1.15 bits per heavy atom. The maximum Gasteiger partial charge on any atom is 0.253 e. The number of ether oxygens (including phenoxy) is 2. The van der Waals surface area contributed by atoms with Gasteiger partial charge in [0, 0.05) is 23.8 Å². The Bertz CT molecular complexity index is 1440. The number of rotatable bonds is 8. The number of carbonyl (C=O) groups excluding carboxylic acids is 1. The molecular weight excluding hydrogens is 547 g/mol. The lowest BCUT2D eigenvalue weighted by atomic mass is 9.89. The molecule has 1 aromatic heterocycles. The third-order valence-electron chi connectivity index (χ3n) is 9.02. The van der Waals surface area contributed by atoms with Crippen LogP contribution >= 0.6 is 0 Å². The predicted octanol–water partition coefficient (Wildman–Crippen LogP) is 3.94. The SMILES string of the molecule is CC1(C)Cc2c(c3c(n2-c2cc(F)c(C(N)=O)c(NC4CCC(OCCN5CCCC5)CC4)c2)COC3)S(=O)(=O)C1. The molecule has 0 bridgehead atoms. The molecule has 3 aliphatic heterocycles. The van der Waals surface area contributed by atoms with E-state index in [1.807, 2.05) is 18.4 Å². The smallest absolute Gasteiger partial charge is 0.253 e. The van der Waals surface area contributed by atoms with Gasteiger partial charge in [0.25, 0.3) is 5.91 Å². The number of nitrogens with zero attached hydrogens (tertiary/aromatic N) is 2. The number of nitrogens with two attached hydrogens (primary N) is 1. The highest BCUT2D eigenvalue weighted by Gasteiger charge is 2.43. The fourth-order valence-corrected chi connectivity index (χ4v) is 9.57. The van der Waals surface area contributed by atoms with Gasteiger partial charge >= 0.3 is 0 Å². The Morgan fingerprint density at radius 2 is 1.88 bits per heavy atom. The molecule has 4 heterocycles. The average Bonchev–Trinajstić information content (AvgIpc) is 3.61. The van der Waals surface area contributed by atoms with E-state index >= 15 is 4.39 Å². The molecule has 2 aromatic rings. The number of nitrogens with one attached hydrogen (secondary N) is 1. The van der Waals surface area contributed by atoms with Crippen molar-refractivity contribution in [2.45, 2.75) is 89.0 Å². The summed E-state index contributed by atoms with van der Waals surface area (Å²) in [6.45, 7) is 8.35. The highest BCUT2D eigenvalue weighted by Crippen LogP contribution is 2.44. The normalized spacial score (nSPS) is 25.1. The van der Waals surface area contributed by atoms with Crippen LogP contribution in [0.25, 0.3) is 5.69 Å². The molecule has 41 heavy (non-hydrogen) atoms. The second-order valence-electron chi connectivity index (χ2n) is 12.9. The van der Waals surface area contributed by atoms with Gasteiger partial charge in [0.15, 0.2) is 9.84 Å². The highest BCUT2D eigenvalue weighted by atomic mass is 32.2. The third kappa shape index (κ3) is 5.66. The van der Waals surface area contributed by atoms with Gasteiger partial charge in [0.2, 0.25) is 0 Å².